The number of rotatable bonds is 1. The molecule has 1 rings (SSSR count). The van der Waals surface area contributed by atoms with E-state index in [4.69, 9.17) is 11.6 Å². The van der Waals surface area contributed by atoms with Crippen LogP contribution < -0.4 is 0 Å². The van der Waals surface area contributed by atoms with Gasteiger partial charge < -0.3 is 0 Å². The van der Waals surface area contributed by atoms with Crippen LogP contribution in [-0.2, 0) is 0 Å². The van der Waals surface area contributed by atoms with Crippen molar-refractivity contribution in [2.45, 2.75) is 0 Å². The van der Waals surface area contributed by atoms with Crippen molar-refractivity contribution < 1.29 is 0 Å². The van der Waals surface area contributed by atoms with Crippen LogP contribution in [0, 0.1) is 0 Å². The summed E-state index contributed by atoms with van der Waals surface area (Å²) >= 11 is 9.14. The van der Waals surface area contributed by atoms with Gasteiger partial charge in [-0.05, 0) is 17.7 Å². The van der Waals surface area contributed by atoms with E-state index in [1.165, 1.54) is 0 Å². The fourth-order valence-electron chi connectivity index (χ4n) is 0.667. The molecule has 1 aromatic rings. The van der Waals surface area contributed by atoms with Gasteiger partial charge in [-0.25, -0.2) is 0 Å². The quantitative estimate of drug-likeness (QED) is 0.672. The van der Waals surface area contributed by atoms with E-state index in [0.717, 1.165) is 15.1 Å². The number of hydrogen-bond acceptors (Lipinski definition) is 0. The summed E-state index contributed by atoms with van der Waals surface area (Å²) in [5.74, 6) is 0. The molecule has 0 unspecified atom stereocenters. The first-order valence-electron chi connectivity index (χ1n) is 2.81. The summed E-state index contributed by atoms with van der Waals surface area (Å²) in [5.41, 5.74) is 0.963. The van der Waals surface area contributed by atoms with Crippen LogP contribution in [0.1, 0.15) is 5.56 Å². The highest BCUT2D eigenvalue weighted by Gasteiger charge is 1.94. The van der Waals surface area contributed by atoms with Crippen LogP contribution in [0.15, 0.2) is 29.3 Å². The number of hydrogen-bond donors (Lipinski definition) is 0. The Bertz CT molecular complexity index is 255. The molecule has 1 aromatic carbocycles. The summed E-state index contributed by atoms with van der Waals surface area (Å²) < 4.78 is 0.989. The van der Waals surface area contributed by atoms with E-state index in [1.54, 1.807) is 6.08 Å². The van der Waals surface area contributed by atoms with Crippen LogP contribution >= 0.6 is 27.5 Å². The zero-order valence-corrected chi connectivity index (χ0v) is 7.61. The highest BCUT2D eigenvalue weighted by molar-refractivity contribution is 9.10. The lowest BCUT2D eigenvalue weighted by Gasteiger charge is -1.96. The maximum atomic E-state index is 5.83. The van der Waals surface area contributed by atoms with Crippen LogP contribution in [0.25, 0.3) is 6.08 Å². The highest BCUT2D eigenvalue weighted by Crippen LogP contribution is 2.21. The summed E-state index contributed by atoms with van der Waals surface area (Å²) in [4.78, 5) is 0. The second kappa shape index (κ2) is 3.22. The molecule has 0 fully saturated rings. The minimum absolute atomic E-state index is 0.726. The molecule has 0 aliphatic heterocycles. The fourth-order valence-corrected chi connectivity index (χ4v) is 1.42. The normalized spacial score (nSPS) is 9.40. The molecule has 0 saturated carbocycles. The smallest absolute Gasteiger partial charge is 0.0489 e. The third-order valence-corrected chi connectivity index (χ3v) is 2.00. The lowest BCUT2D eigenvalue weighted by molar-refractivity contribution is 1.61. The van der Waals surface area contributed by atoms with Crippen LogP contribution in [0.5, 0.6) is 0 Å². The van der Waals surface area contributed by atoms with E-state index in [0.29, 0.717) is 0 Å². The van der Waals surface area contributed by atoms with Gasteiger partial charge in [-0.15, -0.1) is 0 Å². The average molecular weight is 217 g/mol. The standard InChI is InChI=1S/C8H6BrCl/c1-2-6-3-4-7(9)5-8(6)10/h2-5H,1H2. The Morgan fingerprint density at radius 2 is 2.20 bits per heavy atom. The van der Waals surface area contributed by atoms with Crippen LogP contribution in [-0.4, -0.2) is 0 Å². The van der Waals surface area contributed by atoms with Crippen molar-refractivity contribution in [1.82, 2.24) is 0 Å². The highest BCUT2D eigenvalue weighted by atomic mass is 79.9. The predicted octanol–water partition coefficient (Wildman–Crippen LogP) is 3.75. The topological polar surface area (TPSA) is 0 Å². The van der Waals surface area contributed by atoms with Gasteiger partial charge in [0.2, 0.25) is 0 Å². The van der Waals surface area contributed by atoms with E-state index in [-0.39, 0.29) is 0 Å². The van der Waals surface area contributed by atoms with Gasteiger partial charge >= 0.3 is 0 Å². The molecule has 0 nitrogen and oxygen atoms in total. The van der Waals surface area contributed by atoms with Crippen molar-refractivity contribution >= 4 is 33.6 Å². The molecule has 0 spiro atoms. The molecule has 0 N–H and O–H groups in total. The molecule has 0 aliphatic rings. The van der Waals surface area contributed by atoms with E-state index in [2.05, 4.69) is 22.5 Å². The lowest BCUT2D eigenvalue weighted by atomic mass is 10.2. The van der Waals surface area contributed by atoms with E-state index in [9.17, 15) is 0 Å². The van der Waals surface area contributed by atoms with Gasteiger partial charge in [0.25, 0.3) is 0 Å². The second-order valence-corrected chi connectivity index (χ2v) is 3.19. The molecule has 0 aliphatic carbocycles. The van der Waals surface area contributed by atoms with Crippen molar-refractivity contribution in [2.24, 2.45) is 0 Å². The van der Waals surface area contributed by atoms with E-state index in [1.807, 2.05) is 18.2 Å². The minimum atomic E-state index is 0.726. The first-order valence-corrected chi connectivity index (χ1v) is 3.98. The fraction of sp³-hybridized carbons (Fsp3) is 0. The van der Waals surface area contributed by atoms with Crippen LogP contribution in [0.2, 0.25) is 5.02 Å². The van der Waals surface area contributed by atoms with Crippen molar-refractivity contribution in [2.75, 3.05) is 0 Å². The van der Waals surface area contributed by atoms with Gasteiger partial charge in [0.1, 0.15) is 0 Å². The number of halogens is 2. The Morgan fingerprint density at radius 1 is 1.50 bits per heavy atom. The average Bonchev–Trinajstić information content (AvgIpc) is 1.88. The first kappa shape index (κ1) is 7.83. The van der Waals surface area contributed by atoms with Gasteiger partial charge in [0, 0.05) is 9.50 Å². The monoisotopic (exact) mass is 216 g/mol. The zero-order chi connectivity index (χ0) is 7.56. The largest absolute Gasteiger partial charge is 0.0984 e. The molecular formula is C8H6BrCl. The molecule has 2 heteroatoms. The summed E-state index contributed by atoms with van der Waals surface area (Å²) in [5, 5.41) is 0.726. The van der Waals surface area contributed by atoms with Crippen LogP contribution in [0.3, 0.4) is 0 Å². The third kappa shape index (κ3) is 1.61. The van der Waals surface area contributed by atoms with Gasteiger partial charge in [0.05, 0.1) is 0 Å². The molecule has 0 heterocycles. The molecule has 0 saturated heterocycles. The lowest BCUT2D eigenvalue weighted by Crippen LogP contribution is -1.72. The summed E-state index contributed by atoms with van der Waals surface area (Å²) in [6.45, 7) is 3.62. The van der Waals surface area contributed by atoms with Gasteiger partial charge in [-0.3, -0.25) is 0 Å². The summed E-state index contributed by atoms with van der Waals surface area (Å²) in [6, 6.07) is 5.70. The Kier molecular flexibility index (Phi) is 2.52. The summed E-state index contributed by atoms with van der Waals surface area (Å²) in [7, 11) is 0. The molecule has 0 atom stereocenters. The molecular weight excluding hydrogens is 211 g/mol. The molecule has 0 aromatic heterocycles. The van der Waals surface area contributed by atoms with Crippen LogP contribution in [0.4, 0.5) is 0 Å². The van der Waals surface area contributed by atoms with Crippen molar-refractivity contribution in [1.29, 1.82) is 0 Å². The molecule has 10 heavy (non-hydrogen) atoms. The molecule has 52 valence electrons. The van der Waals surface area contributed by atoms with Crippen molar-refractivity contribution in [3.63, 3.8) is 0 Å². The molecule has 0 bridgehead atoms. The van der Waals surface area contributed by atoms with Gasteiger partial charge in [-0.2, -0.15) is 0 Å². The zero-order valence-electron chi connectivity index (χ0n) is 5.27. The Morgan fingerprint density at radius 3 is 2.70 bits per heavy atom. The van der Waals surface area contributed by atoms with Gasteiger partial charge in [0.15, 0.2) is 0 Å². The van der Waals surface area contributed by atoms with Gasteiger partial charge in [-0.1, -0.05) is 46.3 Å². The maximum Gasteiger partial charge on any atom is 0.0489 e. The molecule has 0 amide bonds. The predicted molar refractivity (Wildman–Crippen MR) is 49.2 cm³/mol. The molecule has 0 radical (unpaired) electrons. The number of benzene rings is 1. The SMILES string of the molecule is C=Cc1ccc(Br)cc1Cl. The third-order valence-electron chi connectivity index (χ3n) is 1.18. The Hall–Kier alpha value is -0.270. The van der Waals surface area contributed by atoms with Crippen molar-refractivity contribution in [3.05, 3.63) is 39.8 Å². The Balaban J connectivity index is 3.19. The second-order valence-electron chi connectivity index (χ2n) is 1.87. The Labute approximate surface area is 73.6 Å². The first-order chi connectivity index (χ1) is 4.74. The van der Waals surface area contributed by atoms with E-state index < -0.39 is 0 Å². The van der Waals surface area contributed by atoms with Crippen molar-refractivity contribution in [3.8, 4) is 0 Å². The summed E-state index contributed by atoms with van der Waals surface area (Å²) in [6.07, 6.45) is 1.73. The van der Waals surface area contributed by atoms with E-state index >= 15 is 0 Å². The minimum Gasteiger partial charge on any atom is -0.0984 e. The maximum absolute atomic E-state index is 5.83.